The summed E-state index contributed by atoms with van der Waals surface area (Å²) in [5.74, 6) is 0.724. The molecule has 3 heterocycles. The van der Waals surface area contributed by atoms with Gasteiger partial charge in [0.25, 0.3) is 0 Å². The molecule has 0 bridgehead atoms. The maximum Gasteiger partial charge on any atom is 0.132 e. The maximum atomic E-state index is 7.85. The summed E-state index contributed by atoms with van der Waals surface area (Å²) in [7, 11) is 0. The minimum absolute atomic E-state index is 0.339. The number of halogens is 1. The van der Waals surface area contributed by atoms with Gasteiger partial charge in [0.15, 0.2) is 0 Å². The number of hydrogen-bond donors (Lipinski definition) is 3. The van der Waals surface area contributed by atoms with Gasteiger partial charge in [0, 0.05) is 48.5 Å². The Morgan fingerprint density at radius 1 is 0.971 bits per heavy atom. The van der Waals surface area contributed by atoms with Crippen LogP contribution in [-0.2, 0) is 0 Å². The molecular formula is C27H26ClN7. The lowest BCUT2D eigenvalue weighted by Crippen LogP contribution is -2.41. The molecule has 0 saturated carbocycles. The number of piperidine rings is 1. The number of nitrogens with zero attached hydrogens (tertiary/aromatic N) is 4. The Kier molecular flexibility index (Phi) is 6.86. The molecule has 2 aromatic carbocycles. The molecule has 1 aliphatic rings. The molecule has 2 aromatic heterocycles. The number of hydrogen-bond acceptors (Lipinski definition) is 7. The highest BCUT2D eigenvalue weighted by atomic mass is 35.5. The van der Waals surface area contributed by atoms with E-state index in [9.17, 15) is 0 Å². The number of allylic oxidation sites excluding steroid dienone is 1. The van der Waals surface area contributed by atoms with Gasteiger partial charge in [-0.15, -0.1) is 0 Å². The van der Waals surface area contributed by atoms with E-state index in [1.54, 1.807) is 12.3 Å². The van der Waals surface area contributed by atoms with Gasteiger partial charge in [-0.25, -0.2) is 9.97 Å². The van der Waals surface area contributed by atoms with E-state index in [1.807, 2.05) is 48.7 Å². The number of anilines is 3. The first-order chi connectivity index (χ1) is 17.2. The molecule has 3 N–H and O–H groups in total. The van der Waals surface area contributed by atoms with Crippen LogP contribution in [0.25, 0.3) is 16.6 Å². The van der Waals surface area contributed by atoms with Gasteiger partial charge in [0.05, 0.1) is 22.9 Å². The number of aromatic nitrogens is 3. The van der Waals surface area contributed by atoms with Crippen LogP contribution in [0.1, 0.15) is 18.5 Å². The smallest absolute Gasteiger partial charge is 0.132 e. The second-order valence-corrected chi connectivity index (χ2v) is 8.82. The molecule has 0 radical (unpaired) electrons. The van der Waals surface area contributed by atoms with Gasteiger partial charge in [0.1, 0.15) is 11.0 Å². The Bertz CT molecular complexity index is 1360. The van der Waals surface area contributed by atoms with E-state index in [2.05, 4.69) is 48.7 Å². The van der Waals surface area contributed by atoms with Crippen molar-refractivity contribution in [1.29, 1.82) is 5.41 Å². The normalized spacial score (nSPS) is 14.7. The number of nitrogens with one attached hydrogen (secondary N) is 3. The van der Waals surface area contributed by atoms with Crippen molar-refractivity contribution in [3.05, 3.63) is 90.0 Å². The van der Waals surface area contributed by atoms with Gasteiger partial charge in [0.2, 0.25) is 0 Å². The highest BCUT2D eigenvalue weighted by Gasteiger charge is 2.19. The van der Waals surface area contributed by atoms with Crippen molar-refractivity contribution in [2.75, 3.05) is 23.3 Å². The Balaban J connectivity index is 1.20. The van der Waals surface area contributed by atoms with Gasteiger partial charge in [-0.3, -0.25) is 4.98 Å². The molecule has 0 spiro atoms. The minimum Gasteiger partial charge on any atom is -0.387 e. The molecule has 1 saturated heterocycles. The number of pyridine rings is 1. The monoisotopic (exact) mass is 483 g/mol. The average molecular weight is 484 g/mol. The van der Waals surface area contributed by atoms with Crippen LogP contribution in [0.3, 0.4) is 0 Å². The second-order valence-electron chi connectivity index (χ2n) is 8.44. The zero-order valence-electron chi connectivity index (χ0n) is 19.2. The van der Waals surface area contributed by atoms with Crippen molar-refractivity contribution >= 4 is 51.6 Å². The standard InChI is InChI=1S/C27H26ClN7/c28-26-9-4-10-27(34-26)32-21-5-3-6-22(15-21)35-13-11-20(12-14-35)30-17-19(16-29)25-18-31-23-7-1-2-8-24(23)33-25/h1-10,15-18,20,29-30H,11-14H2,(H,32,34)/b19-17+,29-16?. The fraction of sp³-hybridized carbons (Fsp3) is 0.185. The van der Waals surface area contributed by atoms with Crippen molar-refractivity contribution in [2.45, 2.75) is 18.9 Å². The SMILES string of the molecule is N=C/C(=C\NC1CCN(c2cccc(Nc3cccc(Cl)n3)c2)CC1)c1cnc2ccccc2n1. The third-order valence-corrected chi connectivity index (χ3v) is 6.28. The number of rotatable bonds is 7. The Morgan fingerprint density at radius 2 is 1.77 bits per heavy atom. The van der Waals surface area contributed by atoms with E-state index in [1.165, 1.54) is 11.9 Å². The molecule has 176 valence electrons. The van der Waals surface area contributed by atoms with Crippen molar-refractivity contribution in [3.63, 3.8) is 0 Å². The highest BCUT2D eigenvalue weighted by molar-refractivity contribution is 6.29. The van der Waals surface area contributed by atoms with Crippen LogP contribution >= 0.6 is 11.6 Å². The van der Waals surface area contributed by atoms with E-state index in [0.29, 0.717) is 16.9 Å². The lowest BCUT2D eigenvalue weighted by molar-refractivity contribution is 0.455. The molecule has 4 aromatic rings. The summed E-state index contributed by atoms with van der Waals surface area (Å²) in [6, 6.07) is 22.0. The predicted octanol–water partition coefficient (Wildman–Crippen LogP) is 5.67. The average Bonchev–Trinajstić information content (AvgIpc) is 2.89. The zero-order valence-corrected chi connectivity index (χ0v) is 19.9. The fourth-order valence-corrected chi connectivity index (χ4v) is 4.37. The molecule has 7 nitrogen and oxygen atoms in total. The zero-order chi connectivity index (χ0) is 24.0. The van der Waals surface area contributed by atoms with Gasteiger partial charge in [-0.2, -0.15) is 0 Å². The molecular weight excluding hydrogens is 458 g/mol. The lowest BCUT2D eigenvalue weighted by Gasteiger charge is -2.34. The topological polar surface area (TPSA) is 89.8 Å². The first-order valence-corrected chi connectivity index (χ1v) is 12.0. The number of fused-ring (bicyclic) bond motifs is 1. The first kappa shape index (κ1) is 22.8. The molecule has 1 fully saturated rings. The molecule has 35 heavy (non-hydrogen) atoms. The molecule has 8 heteroatoms. The van der Waals surface area contributed by atoms with E-state index < -0.39 is 0 Å². The quantitative estimate of drug-likeness (QED) is 0.232. The van der Waals surface area contributed by atoms with Crippen LogP contribution in [0.15, 0.2) is 79.1 Å². The summed E-state index contributed by atoms with van der Waals surface area (Å²) in [6.07, 6.45) is 6.95. The summed E-state index contributed by atoms with van der Waals surface area (Å²) in [4.78, 5) is 15.8. The molecule has 1 aliphatic heterocycles. The lowest BCUT2D eigenvalue weighted by atomic mass is 10.0. The van der Waals surface area contributed by atoms with Crippen molar-refractivity contribution in [3.8, 4) is 0 Å². The number of benzene rings is 2. The summed E-state index contributed by atoms with van der Waals surface area (Å²) in [5.41, 5.74) is 5.25. The first-order valence-electron chi connectivity index (χ1n) is 11.6. The molecule has 0 amide bonds. The molecule has 5 rings (SSSR count). The molecule has 0 unspecified atom stereocenters. The van der Waals surface area contributed by atoms with E-state index in [4.69, 9.17) is 17.0 Å². The maximum absolute atomic E-state index is 7.85. The minimum atomic E-state index is 0.339. The Labute approximate surface area is 209 Å². The van der Waals surface area contributed by atoms with Crippen molar-refractivity contribution in [2.24, 2.45) is 0 Å². The Hall–Kier alpha value is -3.97. The van der Waals surface area contributed by atoms with Gasteiger partial charge in [-0.1, -0.05) is 35.9 Å². The highest BCUT2D eigenvalue weighted by Crippen LogP contribution is 2.25. The van der Waals surface area contributed by atoms with Crippen molar-refractivity contribution < 1.29 is 0 Å². The summed E-state index contributed by atoms with van der Waals surface area (Å²) >= 11 is 6.00. The third kappa shape index (κ3) is 5.58. The molecule has 0 atom stereocenters. The van der Waals surface area contributed by atoms with Gasteiger partial charge < -0.3 is 20.9 Å². The summed E-state index contributed by atoms with van der Waals surface area (Å²) < 4.78 is 0. The summed E-state index contributed by atoms with van der Waals surface area (Å²) in [5, 5.41) is 15.1. The van der Waals surface area contributed by atoms with Crippen LogP contribution in [0.5, 0.6) is 0 Å². The van der Waals surface area contributed by atoms with Crippen LogP contribution in [0.2, 0.25) is 5.15 Å². The van der Waals surface area contributed by atoms with Crippen LogP contribution in [0.4, 0.5) is 17.2 Å². The van der Waals surface area contributed by atoms with E-state index >= 15 is 0 Å². The van der Waals surface area contributed by atoms with E-state index in [0.717, 1.165) is 54.0 Å². The summed E-state index contributed by atoms with van der Waals surface area (Å²) in [6.45, 7) is 1.89. The van der Waals surface area contributed by atoms with Crippen molar-refractivity contribution in [1.82, 2.24) is 20.3 Å². The largest absolute Gasteiger partial charge is 0.387 e. The predicted molar refractivity (Wildman–Crippen MR) is 144 cm³/mol. The van der Waals surface area contributed by atoms with E-state index in [-0.39, 0.29) is 0 Å². The van der Waals surface area contributed by atoms with Crippen LogP contribution < -0.4 is 15.5 Å². The van der Waals surface area contributed by atoms with Gasteiger partial charge >= 0.3 is 0 Å². The third-order valence-electron chi connectivity index (χ3n) is 6.07. The van der Waals surface area contributed by atoms with Crippen LogP contribution in [0, 0.1) is 5.41 Å². The second kappa shape index (κ2) is 10.5. The molecule has 0 aliphatic carbocycles. The fourth-order valence-electron chi connectivity index (χ4n) is 4.20. The van der Waals surface area contributed by atoms with Crippen LogP contribution in [-0.4, -0.2) is 40.3 Å². The number of para-hydroxylation sites is 2. The Morgan fingerprint density at radius 3 is 2.57 bits per heavy atom. The van der Waals surface area contributed by atoms with Gasteiger partial charge in [-0.05, 0) is 55.3 Å².